The first kappa shape index (κ1) is 21.5. The molecule has 1 aliphatic carbocycles. The molecule has 5 nitrogen and oxygen atoms in total. The number of fused-ring (bicyclic) bond motifs is 2. The van der Waals surface area contributed by atoms with Gasteiger partial charge in [-0.15, -0.1) is 0 Å². The molecule has 0 atom stereocenters. The molecule has 0 radical (unpaired) electrons. The van der Waals surface area contributed by atoms with Crippen LogP contribution in [0.15, 0.2) is 66.7 Å². The summed E-state index contributed by atoms with van der Waals surface area (Å²) in [4.78, 5) is 39.6. The van der Waals surface area contributed by atoms with E-state index in [0.717, 1.165) is 25.7 Å². The lowest BCUT2D eigenvalue weighted by molar-refractivity contribution is 0.0979. The van der Waals surface area contributed by atoms with Crippen LogP contribution in [-0.4, -0.2) is 24.0 Å². The lowest BCUT2D eigenvalue weighted by Crippen LogP contribution is -2.25. The molecule has 32 heavy (non-hydrogen) atoms. The highest BCUT2D eigenvalue weighted by atomic mass is 16.2. The van der Waals surface area contributed by atoms with Crippen molar-refractivity contribution in [1.82, 2.24) is 0 Å². The third-order valence-corrected chi connectivity index (χ3v) is 5.71. The van der Waals surface area contributed by atoms with Crippen LogP contribution in [0.4, 0.5) is 11.4 Å². The largest absolute Gasteiger partial charge is 0.384 e. The van der Waals surface area contributed by atoms with Gasteiger partial charge in [0.2, 0.25) is 0 Å². The first-order valence-electron chi connectivity index (χ1n) is 11.1. The van der Waals surface area contributed by atoms with Crippen LogP contribution in [-0.2, 0) is 0 Å². The van der Waals surface area contributed by atoms with E-state index in [1.165, 1.54) is 0 Å². The van der Waals surface area contributed by atoms with Crippen LogP contribution in [0.1, 0.15) is 74.8 Å². The van der Waals surface area contributed by atoms with Gasteiger partial charge in [-0.05, 0) is 30.7 Å². The van der Waals surface area contributed by atoms with E-state index < -0.39 is 0 Å². The molecule has 0 fully saturated rings. The summed E-state index contributed by atoms with van der Waals surface area (Å²) in [5, 5.41) is 6.18. The number of carbonyl (C=O) groups is 3. The highest BCUT2D eigenvalue weighted by molar-refractivity contribution is 6.32. The lowest BCUT2D eigenvalue weighted by Gasteiger charge is -2.23. The van der Waals surface area contributed by atoms with Gasteiger partial charge in [-0.25, -0.2) is 0 Å². The summed E-state index contributed by atoms with van der Waals surface area (Å²) in [5.41, 5.74) is 2.78. The molecule has 0 aromatic heterocycles. The molecule has 2 N–H and O–H groups in total. The minimum Gasteiger partial charge on any atom is -0.384 e. The molecule has 3 aromatic rings. The number of rotatable bonds is 8. The Labute approximate surface area is 187 Å². The van der Waals surface area contributed by atoms with Gasteiger partial charge in [-0.1, -0.05) is 68.7 Å². The Balaban J connectivity index is 1.72. The number of benzene rings is 3. The zero-order valence-corrected chi connectivity index (χ0v) is 18.1. The van der Waals surface area contributed by atoms with Crippen LogP contribution in [0.5, 0.6) is 0 Å². The fraction of sp³-hybridized carbons (Fsp3) is 0.222. The molecule has 1 aliphatic rings. The highest BCUT2D eigenvalue weighted by Crippen LogP contribution is 2.36. The fourth-order valence-electron chi connectivity index (χ4n) is 4.03. The number of ketones is 2. The smallest absolute Gasteiger partial charge is 0.255 e. The second-order valence-corrected chi connectivity index (χ2v) is 7.92. The highest BCUT2D eigenvalue weighted by Gasteiger charge is 2.34. The minimum absolute atomic E-state index is 0.206. The van der Waals surface area contributed by atoms with Crippen LogP contribution in [0.3, 0.4) is 0 Å². The Morgan fingerprint density at radius 3 is 1.97 bits per heavy atom. The van der Waals surface area contributed by atoms with Crippen molar-refractivity contribution in [3.63, 3.8) is 0 Å². The van der Waals surface area contributed by atoms with Gasteiger partial charge in [0.05, 0.1) is 16.8 Å². The van der Waals surface area contributed by atoms with Gasteiger partial charge in [0.1, 0.15) is 0 Å². The van der Waals surface area contributed by atoms with Gasteiger partial charge in [0, 0.05) is 28.9 Å². The summed E-state index contributed by atoms with van der Waals surface area (Å²) in [6, 6.07) is 19.1. The van der Waals surface area contributed by atoms with Crippen LogP contribution >= 0.6 is 0 Å². The maximum atomic E-state index is 13.4. The number of nitrogens with one attached hydrogen (secondary N) is 2. The van der Waals surface area contributed by atoms with Gasteiger partial charge in [-0.3, -0.25) is 14.4 Å². The summed E-state index contributed by atoms with van der Waals surface area (Å²) >= 11 is 0. The number of unbranched alkanes of at least 4 members (excludes halogenated alkanes) is 3. The summed E-state index contributed by atoms with van der Waals surface area (Å²) in [6.45, 7) is 2.87. The van der Waals surface area contributed by atoms with Crippen molar-refractivity contribution in [2.45, 2.75) is 32.6 Å². The van der Waals surface area contributed by atoms with Crippen molar-refractivity contribution in [2.75, 3.05) is 17.2 Å². The first-order valence-corrected chi connectivity index (χ1v) is 11.1. The van der Waals surface area contributed by atoms with E-state index in [9.17, 15) is 14.4 Å². The number of hydrogen-bond acceptors (Lipinski definition) is 4. The summed E-state index contributed by atoms with van der Waals surface area (Å²) in [7, 11) is 0. The van der Waals surface area contributed by atoms with Crippen molar-refractivity contribution < 1.29 is 14.4 Å². The van der Waals surface area contributed by atoms with E-state index in [1.807, 2.05) is 6.07 Å². The average Bonchev–Trinajstić information content (AvgIpc) is 2.83. The molecular weight excluding hydrogens is 400 g/mol. The molecule has 162 valence electrons. The second kappa shape index (κ2) is 9.60. The van der Waals surface area contributed by atoms with Crippen molar-refractivity contribution >= 4 is 28.8 Å². The standard InChI is InChI=1S/C27H26N2O3/c1-2-3-4-10-17-28-21-15-16-22(29-27(32)18-11-6-5-7-12-18)24-23(21)25(30)19-13-8-9-14-20(19)26(24)31/h5-9,11-16,28H,2-4,10,17H2,1H3,(H,29,32). The Kier molecular flexibility index (Phi) is 6.45. The maximum Gasteiger partial charge on any atom is 0.255 e. The van der Waals surface area contributed by atoms with Gasteiger partial charge in [0.25, 0.3) is 5.91 Å². The molecule has 0 heterocycles. The maximum absolute atomic E-state index is 13.4. The number of carbonyl (C=O) groups excluding carboxylic acids is 3. The van der Waals surface area contributed by atoms with Crippen LogP contribution < -0.4 is 10.6 Å². The van der Waals surface area contributed by atoms with Gasteiger partial charge < -0.3 is 10.6 Å². The molecule has 0 bridgehead atoms. The Hall–Kier alpha value is -3.73. The van der Waals surface area contributed by atoms with E-state index in [-0.39, 0.29) is 23.0 Å². The lowest BCUT2D eigenvalue weighted by atomic mass is 9.82. The van der Waals surface area contributed by atoms with E-state index in [2.05, 4.69) is 17.6 Å². The zero-order chi connectivity index (χ0) is 22.5. The molecule has 0 spiro atoms. The van der Waals surface area contributed by atoms with E-state index in [1.54, 1.807) is 60.7 Å². The second-order valence-electron chi connectivity index (χ2n) is 7.92. The Morgan fingerprint density at radius 1 is 0.719 bits per heavy atom. The SMILES string of the molecule is CCCCCCNc1ccc(NC(=O)c2ccccc2)c2c1C(=O)c1ccccc1C2=O. The number of anilines is 2. The third-order valence-electron chi connectivity index (χ3n) is 5.71. The third kappa shape index (κ3) is 4.19. The predicted molar refractivity (Wildman–Crippen MR) is 127 cm³/mol. The molecule has 0 saturated heterocycles. The Bertz CT molecular complexity index is 1170. The molecule has 5 heteroatoms. The fourth-order valence-corrected chi connectivity index (χ4v) is 4.03. The summed E-state index contributed by atoms with van der Waals surface area (Å²) < 4.78 is 0. The molecule has 4 rings (SSSR count). The number of amides is 1. The normalized spacial score (nSPS) is 12.2. The molecule has 0 aliphatic heterocycles. The van der Waals surface area contributed by atoms with Crippen molar-refractivity contribution in [3.05, 3.63) is 94.5 Å². The van der Waals surface area contributed by atoms with Gasteiger partial charge >= 0.3 is 0 Å². The molecule has 1 amide bonds. The average molecular weight is 427 g/mol. The van der Waals surface area contributed by atoms with Crippen LogP contribution in [0, 0.1) is 0 Å². The van der Waals surface area contributed by atoms with E-state index >= 15 is 0 Å². The Morgan fingerprint density at radius 2 is 1.31 bits per heavy atom. The minimum atomic E-state index is -0.327. The first-order chi connectivity index (χ1) is 15.6. The monoisotopic (exact) mass is 426 g/mol. The molecule has 3 aromatic carbocycles. The molecular formula is C27H26N2O3. The van der Waals surface area contributed by atoms with E-state index in [0.29, 0.717) is 40.2 Å². The topological polar surface area (TPSA) is 75.3 Å². The summed E-state index contributed by atoms with van der Waals surface area (Å²) in [6.07, 6.45) is 4.39. The van der Waals surface area contributed by atoms with Gasteiger partial charge in [-0.2, -0.15) is 0 Å². The predicted octanol–water partition coefficient (Wildman–Crippen LogP) is 5.71. The molecule has 0 saturated carbocycles. The van der Waals surface area contributed by atoms with Crippen LogP contribution in [0.2, 0.25) is 0 Å². The van der Waals surface area contributed by atoms with Crippen molar-refractivity contribution in [1.29, 1.82) is 0 Å². The zero-order valence-electron chi connectivity index (χ0n) is 18.1. The number of hydrogen-bond donors (Lipinski definition) is 2. The van der Waals surface area contributed by atoms with Crippen LogP contribution in [0.25, 0.3) is 0 Å². The van der Waals surface area contributed by atoms with Crippen molar-refractivity contribution in [3.8, 4) is 0 Å². The summed E-state index contributed by atoms with van der Waals surface area (Å²) in [5.74, 6) is -0.789. The van der Waals surface area contributed by atoms with Gasteiger partial charge in [0.15, 0.2) is 11.6 Å². The molecule has 0 unspecified atom stereocenters. The van der Waals surface area contributed by atoms with E-state index in [4.69, 9.17) is 0 Å². The van der Waals surface area contributed by atoms with Crippen molar-refractivity contribution in [2.24, 2.45) is 0 Å². The quantitative estimate of drug-likeness (QED) is 0.354.